The van der Waals surface area contributed by atoms with Gasteiger partial charge >= 0.3 is 0 Å². The number of hydrogen-bond donors (Lipinski definition) is 2. The van der Waals surface area contributed by atoms with Crippen molar-refractivity contribution in [3.8, 4) is 0 Å². The predicted molar refractivity (Wildman–Crippen MR) is 74.4 cm³/mol. The van der Waals surface area contributed by atoms with E-state index in [-0.39, 0.29) is 22.6 Å². The first-order valence-electron chi connectivity index (χ1n) is 6.97. The summed E-state index contributed by atoms with van der Waals surface area (Å²) < 4.78 is 22.8. The summed E-state index contributed by atoms with van der Waals surface area (Å²) in [5.74, 6) is 0.0942. The van der Waals surface area contributed by atoms with E-state index < -0.39 is 9.84 Å². The van der Waals surface area contributed by atoms with Crippen molar-refractivity contribution in [3.05, 3.63) is 0 Å². The van der Waals surface area contributed by atoms with Crippen molar-refractivity contribution in [2.45, 2.75) is 50.5 Å². The molecule has 2 aliphatic rings. The summed E-state index contributed by atoms with van der Waals surface area (Å²) >= 11 is 0. The normalized spacial score (nSPS) is 24.1. The van der Waals surface area contributed by atoms with Gasteiger partial charge in [-0.3, -0.25) is 4.79 Å². The topological polar surface area (TPSA) is 89.3 Å². The van der Waals surface area contributed by atoms with Crippen LogP contribution in [0.2, 0.25) is 0 Å². The second-order valence-corrected chi connectivity index (χ2v) is 8.63. The van der Waals surface area contributed by atoms with E-state index in [1.54, 1.807) is 0 Å². The molecule has 2 rings (SSSR count). The molecule has 0 unspecified atom stereocenters. The molecule has 0 aromatic heterocycles. The van der Waals surface area contributed by atoms with Gasteiger partial charge in [0.25, 0.3) is 0 Å². The number of sulfone groups is 1. The van der Waals surface area contributed by atoms with E-state index in [2.05, 4.69) is 5.32 Å². The van der Waals surface area contributed by atoms with Crippen LogP contribution in [-0.2, 0) is 14.6 Å². The minimum absolute atomic E-state index is 0.0338. The highest BCUT2D eigenvalue weighted by atomic mass is 32.2. The van der Waals surface area contributed by atoms with E-state index in [0.717, 1.165) is 38.5 Å². The molecule has 0 atom stereocenters. The molecule has 0 spiro atoms. The molecule has 110 valence electrons. The van der Waals surface area contributed by atoms with E-state index in [1.807, 2.05) is 0 Å². The van der Waals surface area contributed by atoms with Crippen LogP contribution in [-0.4, -0.2) is 38.4 Å². The highest BCUT2D eigenvalue weighted by Crippen LogP contribution is 2.49. The number of nitrogens with two attached hydrogens (primary N) is 1. The zero-order chi connectivity index (χ0) is 14.1. The SMILES string of the molecule is CS(=O)(=O)CC1(CC(=O)NC2(CN)CCCC2)CC1. The molecular formula is C13H24N2O3S. The number of rotatable bonds is 6. The average Bonchev–Trinajstić information content (AvgIpc) is 2.85. The Morgan fingerprint density at radius 3 is 2.21 bits per heavy atom. The van der Waals surface area contributed by atoms with Gasteiger partial charge in [-0.1, -0.05) is 12.8 Å². The van der Waals surface area contributed by atoms with Crippen LogP contribution in [0.1, 0.15) is 44.9 Å². The minimum Gasteiger partial charge on any atom is -0.349 e. The molecule has 0 heterocycles. The molecule has 0 saturated heterocycles. The fourth-order valence-electron chi connectivity index (χ4n) is 3.22. The Hall–Kier alpha value is -0.620. The molecule has 5 nitrogen and oxygen atoms in total. The molecule has 0 aromatic rings. The quantitative estimate of drug-likeness (QED) is 0.748. The Morgan fingerprint density at radius 2 is 1.79 bits per heavy atom. The molecular weight excluding hydrogens is 264 g/mol. The number of carbonyl (C=O) groups is 1. The number of amides is 1. The van der Waals surface area contributed by atoms with Crippen molar-refractivity contribution in [2.75, 3.05) is 18.6 Å². The Morgan fingerprint density at radius 1 is 1.21 bits per heavy atom. The Kier molecular flexibility index (Phi) is 3.93. The van der Waals surface area contributed by atoms with Crippen molar-refractivity contribution in [2.24, 2.45) is 11.1 Å². The van der Waals surface area contributed by atoms with Crippen LogP contribution >= 0.6 is 0 Å². The first-order valence-corrected chi connectivity index (χ1v) is 9.03. The van der Waals surface area contributed by atoms with Gasteiger partial charge < -0.3 is 11.1 Å². The highest BCUT2D eigenvalue weighted by molar-refractivity contribution is 7.90. The molecule has 0 aromatic carbocycles. The Bertz CT molecular complexity index is 449. The molecule has 6 heteroatoms. The molecule has 2 aliphatic carbocycles. The van der Waals surface area contributed by atoms with Gasteiger partial charge in [-0.2, -0.15) is 0 Å². The summed E-state index contributed by atoms with van der Waals surface area (Å²) in [6.45, 7) is 0.470. The Balaban J connectivity index is 1.91. The van der Waals surface area contributed by atoms with Gasteiger partial charge in [0.2, 0.25) is 5.91 Å². The molecule has 3 N–H and O–H groups in total. The van der Waals surface area contributed by atoms with Crippen LogP contribution in [0.3, 0.4) is 0 Å². The third-order valence-electron chi connectivity index (χ3n) is 4.42. The lowest BCUT2D eigenvalue weighted by Gasteiger charge is -2.29. The van der Waals surface area contributed by atoms with E-state index in [1.165, 1.54) is 6.26 Å². The number of nitrogens with one attached hydrogen (secondary N) is 1. The van der Waals surface area contributed by atoms with Gasteiger partial charge in [-0.25, -0.2) is 8.42 Å². The highest BCUT2D eigenvalue weighted by Gasteiger charge is 2.47. The lowest BCUT2D eigenvalue weighted by molar-refractivity contribution is -0.123. The Labute approximate surface area is 115 Å². The summed E-state index contributed by atoms with van der Waals surface area (Å²) in [6.07, 6.45) is 7.32. The number of carbonyl (C=O) groups excluding carboxylic acids is 1. The fraction of sp³-hybridized carbons (Fsp3) is 0.923. The van der Waals surface area contributed by atoms with Gasteiger partial charge in [-0.15, -0.1) is 0 Å². The molecule has 1 amide bonds. The van der Waals surface area contributed by atoms with Crippen LogP contribution in [0.15, 0.2) is 0 Å². The first kappa shape index (κ1) is 14.8. The maximum Gasteiger partial charge on any atom is 0.221 e. The van der Waals surface area contributed by atoms with Crippen molar-refractivity contribution in [1.82, 2.24) is 5.32 Å². The second kappa shape index (κ2) is 5.05. The molecule has 2 fully saturated rings. The zero-order valence-electron chi connectivity index (χ0n) is 11.6. The lowest BCUT2D eigenvalue weighted by atomic mass is 9.96. The monoisotopic (exact) mass is 288 g/mol. The number of hydrogen-bond acceptors (Lipinski definition) is 4. The maximum absolute atomic E-state index is 12.1. The van der Waals surface area contributed by atoms with Gasteiger partial charge in [0.1, 0.15) is 9.84 Å². The predicted octanol–water partition coefficient (Wildman–Crippen LogP) is 0.589. The first-order chi connectivity index (χ1) is 8.78. The van der Waals surface area contributed by atoms with Crippen LogP contribution < -0.4 is 11.1 Å². The van der Waals surface area contributed by atoms with Crippen molar-refractivity contribution < 1.29 is 13.2 Å². The van der Waals surface area contributed by atoms with Gasteiger partial charge in [0.05, 0.1) is 11.3 Å². The van der Waals surface area contributed by atoms with E-state index in [4.69, 9.17) is 5.73 Å². The summed E-state index contributed by atoms with van der Waals surface area (Å²) in [5, 5.41) is 3.07. The van der Waals surface area contributed by atoms with Crippen molar-refractivity contribution in [3.63, 3.8) is 0 Å². The summed E-state index contributed by atoms with van der Waals surface area (Å²) in [7, 11) is -3.02. The van der Waals surface area contributed by atoms with Crippen molar-refractivity contribution in [1.29, 1.82) is 0 Å². The van der Waals surface area contributed by atoms with E-state index in [9.17, 15) is 13.2 Å². The third kappa shape index (κ3) is 3.92. The minimum atomic E-state index is -3.02. The largest absolute Gasteiger partial charge is 0.349 e. The van der Waals surface area contributed by atoms with Crippen LogP contribution in [0.4, 0.5) is 0 Å². The average molecular weight is 288 g/mol. The molecule has 0 aliphatic heterocycles. The fourth-order valence-corrected chi connectivity index (χ4v) is 4.72. The lowest BCUT2D eigenvalue weighted by Crippen LogP contribution is -2.52. The van der Waals surface area contributed by atoms with Gasteiger partial charge in [-0.05, 0) is 31.1 Å². The van der Waals surface area contributed by atoms with Crippen LogP contribution in [0.5, 0.6) is 0 Å². The third-order valence-corrected chi connectivity index (χ3v) is 5.55. The molecule has 0 bridgehead atoms. The van der Waals surface area contributed by atoms with E-state index in [0.29, 0.717) is 13.0 Å². The smallest absolute Gasteiger partial charge is 0.221 e. The zero-order valence-corrected chi connectivity index (χ0v) is 12.4. The molecule has 19 heavy (non-hydrogen) atoms. The van der Waals surface area contributed by atoms with Gasteiger partial charge in [0, 0.05) is 19.2 Å². The maximum atomic E-state index is 12.1. The summed E-state index contributed by atoms with van der Waals surface area (Å²) in [4.78, 5) is 12.1. The van der Waals surface area contributed by atoms with Gasteiger partial charge in [0.15, 0.2) is 0 Å². The summed E-state index contributed by atoms with van der Waals surface area (Å²) in [5.41, 5.74) is 5.25. The van der Waals surface area contributed by atoms with Crippen molar-refractivity contribution >= 4 is 15.7 Å². The summed E-state index contributed by atoms with van der Waals surface area (Å²) in [6, 6.07) is 0. The molecule has 2 saturated carbocycles. The van der Waals surface area contributed by atoms with Crippen LogP contribution in [0, 0.1) is 5.41 Å². The standard InChI is InChI=1S/C13H24N2O3S/c1-19(17,18)10-12(6-7-12)8-11(16)15-13(9-14)4-2-3-5-13/h2-10,14H2,1H3,(H,15,16). The second-order valence-electron chi connectivity index (χ2n) is 6.49. The van der Waals surface area contributed by atoms with E-state index >= 15 is 0 Å². The van der Waals surface area contributed by atoms with Crippen LogP contribution in [0.25, 0.3) is 0 Å². The molecule has 0 radical (unpaired) electrons.